The Morgan fingerprint density at radius 1 is 1.00 bits per heavy atom. The molecule has 142 valence electrons. The van der Waals surface area contributed by atoms with E-state index in [1.165, 1.54) is 14.0 Å². The number of nitrogens with one attached hydrogen (secondary N) is 4. The van der Waals surface area contributed by atoms with Crippen molar-refractivity contribution in [3.63, 3.8) is 0 Å². The highest BCUT2D eigenvalue weighted by Gasteiger charge is 2.26. The molecule has 0 aliphatic rings. The normalized spacial score (nSPS) is 12.4. The molecule has 0 heterocycles. The minimum Gasteiger partial charge on any atom is -0.394 e. The molecule has 0 saturated carbocycles. The molecule has 0 saturated heterocycles. The molecule has 0 aliphatic heterocycles. The summed E-state index contributed by atoms with van der Waals surface area (Å²) in [5, 5.41) is 18.9. The number of benzene rings is 1. The van der Waals surface area contributed by atoms with E-state index >= 15 is 0 Å². The SMILES string of the molecule is CNC(=O)CNC(=O)[C@H](CO)NC(=O)[C@H](Cc1ccccc1)NC(C)=O. The summed E-state index contributed by atoms with van der Waals surface area (Å²) in [5.74, 6) is -2.13. The average Bonchev–Trinajstić information content (AvgIpc) is 2.63. The van der Waals surface area contributed by atoms with Gasteiger partial charge in [-0.1, -0.05) is 30.3 Å². The maximum Gasteiger partial charge on any atom is 0.245 e. The topological polar surface area (TPSA) is 137 Å². The van der Waals surface area contributed by atoms with Crippen molar-refractivity contribution in [3.05, 3.63) is 35.9 Å². The zero-order valence-corrected chi connectivity index (χ0v) is 14.7. The van der Waals surface area contributed by atoms with Crippen LogP contribution in [0.3, 0.4) is 0 Å². The first-order valence-corrected chi connectivity index (χ1v) is 8.08. The zero-order valence-electron chi connectivity index (χ0n) is 14.7. The summed E-state index contributed by atoms with van der Waals surface area (Å²) in [6.45, 7) is 0.356. The van der Waals surface area contributed by atoms with E-state index in [0.717, 1.165) is 5.56 Å². The number of likely N-dealkylation sites (N-methyl/N-ethyl adjacent to an activating group) is 1. The maximum atomic E-state index is 12.5. The molecule has 9 nitrogen and oxygen atoms in total. The monoisotopic (exact) mass is 364 g/mol. The van der Waals surface area contributed by atoms with E-state index in [1.54, 1.807) is 12.1 Å². The van der Waals surface area contributed by atoms with Crippen LogP contribution in [-0.2, 0) is 25.6 Å². The predicted molar refractivity (Wildman–Crippen MR) is 93.8 cm³/mol. The first-order valence-electron chi connectivity index (χ1n) is 8.08. The lowest BCUT2D eigenvalue weighted by Gasteiger charge is -2.21. The second-order valence-corrected chi connectivity index (χ2v) is 5.58. The van der Waals surface area contributed by atoms with E-state index in [9.17, 15) is 24.3 Å². The molecule has 0 bridgehead atoms. The Morgan fingerprint density at radius 3 is 2.19 bits per heavy atom. The van der Waals surface area contributed by atoms with Gasteiger partial charge in [0.05, 0.1) is 13.2 Å². The van der Waals surface area contributed by atoms with E-state index < -0.39 is 42.3 Å². The average molecular weight is 364 g/mol. The van der Waals surface area contributed by atoms with Crippen LogP contribution in [0.25, 0.3) is 0 Å². The van der Waals surface area contributed by atoms with Gasteiger partial charge in [0.2, 0.25) is 23.6 Å². The van der Waals surface area contributed by atoms with Crippen molar-refractivity contribution >= 4 is 23.6 Å². The highest BCUT2D eigenvalue weighted by molar-refractivity contribution is 5.93. The number of aliphatic hydroxyl groups is 1. The van der Waals surface area contributed by atoms with Gasteiger partial charge in [-0.2, -0.15) is 0 Å². The summed E-state index contributed by atoms with van der Waals surface area (Å²) in [6.07, 6.45) is 0.226. The van der Waals surface area contributed by atoms with E-state index in [4.69, 9.17) is 0 Å². The highest BCUT2D eigenvalue weighted by atomic mass is 16.3. The van der Waals surface area contributed by atoms with Gasteiger partial charge >= 0.3 is 0 Å². The Kier molecular flexibility index (Phi) is 8.79. The van der Waals surface area contributed by atoms with Gasteiger partial charge < -0.3 is 26.4 Å². The van der Waals surface area contributed by atoms with Crippen LogP contribution >= 0.6 is 0 Å². The Morgan fingerprint density at radius 2 is 1.65 bits per heavy atom. The van der Waals surface area contributed by atoms with Gasteiger partial charge in [0.1, 0.15) is 12.1 Å². The van der Waals surface area contributed by atoms with Gasteiger partial charge in [0.15, 0.2) is 0 Å². The minimum atomic E-state index is -1.24. The number of hydrogen-bond donors (Lipinski definition) is 5. The van der Waals surface area contributed by atoms with E-state index in [0.29, 0.717) is 0 Å². The summed E-state index contributed by atoms with van der Waals surface area (Å²) in [5.41, 5.74) is 0.825. The van der Waals surface area contributed by atoms with Crippen LogP contribution in [0.2, 0.25) is 0 Å². The van der Waals surface area contributed by atoms with E-state index in [2.05, 4.69) is 21.3 Å². The number of aliphatic hydroxyl groups excluding tert-OH is 1. The number of hydrogen-bond acceptors (Lipinski definition) is 5. The van der Waals surface area contributed by atoms with Crippen LogP contribution in [0.5, 0.6) is 0 Å². The van der Waals surface area contributed by atoms with Crippen LogP contribution in [0.1, 0.15) is 12.5 Å². The van der Waals surface area contributed by atoms with Crippen molar-refractivity contribution in [2.24, 2.45) is 0 Å². The first kappa shape index (κ1) is 21.1. The lowest BCUT2D eigenvalue weighted by atomic mass is 10.0. The molecule has 5 N–H and O–H groups in total. The minimum absolute atomic E-state index is 0.226. The van der Waals surface area contributed by atoms with Crippen LogP contribution in [0.15, 0.2) is 30.3 Å². The lowest BCUT2D eigenvalue weighted by Crippen LogP contribution is -2.56. The van der Waals surface area contributed by atoms with Crippen LogP contribution < -0.4 is 21.3 Å². The van der Waals surface area contributed by atoms with Crippen LogP contribution in [0, 0.1) is 0 Å². The summed E-state index contributed by atoms with van der Waals surface area (Å²) in [4.78, 5) is 47.0. The van der Waals surface area contributed by atoms with E-state index in [1.807, 2.05) is 18.2 Å². The standard InChI is InChI=1S/C17H24N4O5/c1-11(23)20-13(8-12-6-4-3-5-7-12)17(26)21-14(10-22)16(25)19-9-15(24)18-2/h3-7,13-14,22H,8-10H2,1-2H3,(H,18,24)(H,19,25)(H,20,23)(H,21,26)/t13-,14-/m0/s1. The molecule has 2 atom stereocenters. The Hall–Kier alpha value is -2.94. The molecule has 1 aromatic rings. The van der Waals surface area contributed by atoms with Gasteiger partial charge in [-0.25, -0.2) is 0 Å². The molecule has 0 aliphatic carbocycles. The number of carbonyl (C=O) groups excluding carboxylic acids is 4. The van der Waals surface area contributed by atoms with Crippen molar-refractivity contribution in [1.29, 1.82) is 0 Å². The van der Waals surface area contributed by atoms with Crippen molar-refractivity contribution < 1.29 is 24.3 Å². The molecular formula is C17H24N4O5. The second kappa shape index (κ2) is 10.8. The largest absolute Gasteiger partial charge is 0.394 e. The summed E-state index contributed by atoms with van der Waals surface area (Å²) >= 11 is 0. The fourth-order valence-electron chi connectivity index (χ4n) is 2.15. The molecule has 4 amide bonds. The fourth-order valence-corrected chi connectivity index (χ4v) is 2.15. The van der Waals surface area contributed by atoms with Crippen molar-refractivity contribution in [1.82, 2.24) is 21.3 Å². The number of rotatable bonds is 9. The van der Waals surface area contributed by atoms with E-state index in [-0.39, 0.29) is 13.0 Å². The third-order valence-corrected chi connectivity index (χ3v) is 3.49. The summed E-state index contributed by atoms with van der Waals surface area (Å²) in [6, 6.07) is 6.91. The maximum absolute atomic E-state index is 12.5. The summed E-state index contributed by atoms with van der Waals surface area (Å²) in [7, 11) is 1.42. The molecule has 1 aromatic carbocycles. The smallest absolute Gasteiger partial charge is 0.245 e. The Bertz CT molecular complexity index is 635. The fraction of sp³-hybridized carbons (Fsp3) is 0.412. The molecule has 26 heavy (non-hydrogen) atoms. The molecular weight excluding hydrogens is 340 g/mol. The summed E-state index contributed by atoms with van der Waals surface area (Å²) < 4.78 is 0. The molecule has 0 unspecified atom stereocenters. The third kappa shape index (κ3) is 7.31. The second-order valence-electron chi connectivity index (χ2n) is 5.58. The van der Waals surface area contributed by atoms with Crippen molar-refractivity contribution in [2.75, 3.05) is 20.2 Å². The van der Waals surface area contributed by atoms with Gasteiger partial charge in [0, 0.05) is 20.4 Å². The van der Waals surface area contributed by atoms with Crippen molar-refractivity contribution in [2.45, 2.75) is 25.4 Å². The first-order chi connectivity index (χ1) is 12.4. The molecule has 9 heteroatoms. The lowest BCUT2D eigenvalue weighted by molar-refractivity contribution is -0.133. The number of amides is 4. The Labute approximate surface area is 151 Å². The molecule has 0 spiro atoms. The quantitative estimate of drug-likeness (QED) is 0.348. The van der Waals surface area contributed by atoms with Gasteiger partial charge in [0.25, 0.3) is 0 Å². The number of carbonyl (C=O) groups is 4. The zero-order chi connectivity index (χ0) is 19.5. The Balaban J connectivity index is 2.74. The molecule has 0 fully saturated rings. The predicted octanol–water partition coefficient (Wildman–Crippen LogP) is -1.93. The molecule has 0 aromatic heterocycles. The highest BCUT2D eigenvalue weighted by Crippen LogP contribution is 2.04. The van der Waals surface area contributed by atoms with Gasteiger partial charge in [-0.15, -0.1) is 0 Å². The van der Waals surface area contributed by atoms with Gasteiger partial charge in [-0.3, -0.25) is 19.2 Å². The molecule has 0 radical (unpaired) electrons. The van der Waals surface area contributed by atoms with Crippen molar-refractivity contribution in [3.8, 4) is 0 Å². The third-order valence-electron chi connectivity index (χ3n) is 3.49. The van der Waals surface area contributed by atoms with Gasteiger partial charge in [-0.05, 0) is 5.56 Å². The molecule has 1 rings (SSSR count). The van der Waals surface area contributed by atoms with Crippen LogP contribution in [0.4, 0.5) is 0 Å². The van der Waals surface area contributed by atoms with Crippen LogP contribution in [-0.4, -0.2) is 61.0 Å².